The molecule has 1 unspecified atom stereocenters. The average Bonchev–Trinajstić information content (AvgIpc) is 2.30. The van der Waals surface area contributed by atoms with Gasteiger partial charge in [-0.1, -0.05) is 6.58 Å². The molecule has 0 amide bonds. The molecule has 0 spiro atoms. The monoisotopic (exact) mass is 138 g/mol. The van der Waals surface area contributed by atoms with Gasteiger partial charge in [-0.25, -0.2) is 0 Å². The fraction of sp³-hybridized carbons (Fsp3) is 0.500. The van der Waals surface area contributed by atoms with Crippen molar-refractivity contribution in [2.75, 3.05) is 6.54 Å². The van der Waals surface area contributed by atoms with Crippen LogP contribution >= 0.6 is 0 Å². The van der Waals surface area contributed by atoms with Gasteiger partial charge in [-0.05, 0) is 20.0 Å². The first-order valence-corrected chi connectivity index (χ1v) is 3.63. The fourth-order valence-electron chi connectivity index (χ4n) is 1.17. The Morgan fingerprint density at radius 3 is 2.60 bits per heavy atom. The summed E-state index contributed by atoms with van der Waals surface area (Å²) in [5, 5.41) is 0. The molecule has 1 atom stereocenters. The van der Waals surface area contributed by atoms with Crippen LogP contribution in [-0.4, -0.2) is 22.5 Å². The van der Waals surface area contributed by atoms with Gasteiger partial charge in [0.2, 0.25) is 0 Å². The van der Waals surface area contributed by atoms with Gasteiger partial charge >= 0.3 is 0 Å². The Balaban J connectivity index is 2.57. The molecule has 1 aliphatic rings. The molecule has 0 aromatic carbocycles. The zero-order valence-electron chi connectivity index (χ0n) is 6.62. The normalized spacial score (nSPS) is 24.0. The topological polar surface area (TPSA) is 6.48 Å². The van der Waals surface area contributed by atoms with E-state index in [0.29, 0.717) is 6.17 Å². The molecule has 1 rings (SSSR count). The average molecular weight is 138 g/mol. The van der Waals surface area contributed by atoms with E-state index in [1.165, 1.54) is 0 Å². The molecule has 0 saturated carbocycles. The van der Waals surface area contributed by atoms with E-state index >= 15 is 0 Å². The molecule has 1 aliphatic heterocycles. The van der Waals surface area contributed by atoms with Crippen molar-refractivity contribution in [3.63, 3.8) is 0 Å². The molecule has 0 bridgehead atoms. The Labute approximate surface area is 62.4 Å². The van der Waals surface area contributed by atoms with Gasteiger partial charge in [0.1, 0.15) is 6.17 Å². The van der Waals surface area contributed by atoms with Gasteiger partial charge < -0.3 is 9.80 Å². The van der Waals surface area contributed by atoms with E-state index in [-0.39, 0.29) is 0 Å². The second-order valence-electron chi connectivity index (χ2n) is 2.39. The molecule has 1 heterocycles. The summed E-state index contributed by atoms with van der Waals surface area (Å²) in [5.74, 6) is 0. The van der Waals surface area contributed by atoms with Gasteiger partial charge in [0.25, 0.3) is 0 Å². The van der Waals surface area contributed by atoms with E-state index < -0.39 is 0 Å². The Kier molecular flexibility index (Phi) is 2.00. The lowest BCUT2D eigenvalue weighted by molar-refractivity contribution is 0.220. The highest BCUT2D eigenvalue weighted by Gasteiger charge is 2.16. The molecule has 0 saturated heterocycles. The van der Waals surface area contributed by atoms with Gasteiger partial charge in [0.05, 0.1) is 0 Å². The highest BCUT2D eigenvalue weighted by molar-refractivity contribution is 4.98. The molecule has 10 heavy (non-hydrogen) atoms. The molecule has 2 heteroatoms. The van der Waals surface area contributed by atoms with Crippen molar-refractivity contribution in [2.45, 2.75) is 20.0 Å². The molecule has 0 N–H and O–H groups in total. The number of hydrogen-bond donors (Lipinski definition) is 0. The SMILES string of the molecule is C=CN1C=CN(CC)C1C. The highest BCUT2D eigenvalue weighted by Crippen LogP contribution is 2.13. The maximum Gasteiger partial charge on any atom is 0.102 e. The minimum Gasteiger partial charge on any atom is -0.356 e. The molecular weight excluding hydrogens is 124 g/mol. The van der Waals surface area contributed by atoms with Crippen molar-refractivity contribution in [3.8, 4) is 0 Å². The predicted molar refractivity (Wildman–Crippen MR) is 43.0 cm³/mol. The molecular formula is C8H14N2. The van der Waals surface area contributed by atoms with Crippen LogP contribution in [-0.2, 0) is 0 Å². The maximum absolute atomic E-state index is 3.71. The standard InChI is InChI=1S/C8H14N2/c1-4-9-6-7-10(5-2)8(9)3/h4,6-8H,1,5H2,2-3H3. The van der Waals surface area contributed by atoms with Crippen LogP contribution in [0.15, 0.2) is 25.2 Å². The molecule has 0 fully saturated rings. The van der Waals surface area contributed by atoms with E-state index in [9.17, 15) is 0 Å². The summed E-state index contributed by atoms with van der Waals surface area (Å²) in [7, 11) is 0. The third kappa shape index (κ3) is 1.01. The van der Waals surface area contributed by atoms with Gasteiger partial charge in [0, 0.05) is 18.9 Å². The first kappa shape index (κ1) is 7.19. The predicted octanol–water partition coefficient (Wildman–Crippen LogP) is 1.58. The minimum absolute atomic E-state index is 0.447. The Hall–Kier alpha value is -0.920. The maximum atomic E-state index is 3.71. The summed E-state index contributed by atoms with van der Waals surface area (Å²) in [6.07, 6.45) is 6.42. The van der Waals surface area contributed by atoms with Crippen LogP contribution in [0.5, 0.6) is 0 Å². The van der Waals surface area contributed by atoms with Crippen LogP contribution in [0.25, 0.3) is 0 Å². The summed E-state index contributed by atoms with van der Waals surface area (Å²) < 4.78 is 0. The van der Waals surface area contributed by atoms with Gasteiger partial charge in [0.15, 0.2) is 0 Å². The number of nitrogens with zero attached hydrogens (tertiary/aromatic N) is 2. The van der Waals surface area contributed by atoms with Gasteiger partial charge in [-0.3, -0.25) is 0 Å². The number of rotatable bonds is 2. The van der Waals surface area contributed by atoms with Crippen LogP contribution in [0.4, 0.5) is 0 Å². The fourth-order valence-corrected chi connectivity index (χ4v) is 1.17. The lowest BCUT2D eigenvalue weighted by Crippen LogP contribution is -2.32. The zero-order chi connectivity index (χ0) is 7.56. The van der Waals surface area contributed by atoms with Crippen molar-refractivity contribution >= 4 is 0 Å². The van der Waals surface area contributed by atoms with Crippen molar-refractivity contribution < 1.29 is 0 Å². The second kappa shape index (κ2) is 2.78. The molecule has 0 aliphatic carbocycles. The van der Waals surface area contributed by atoms with Crippen LogP contribution < -0.4 is 0 Å². The van der Waals surface area contributed by atoms with Crippen LogP contribution in [0.1, 0.15) is 13.8 Å². The van der Waals surface area contributed by atoms with Gasteiger partial charge in [-0.2, -0.15) is 0 Å². The van der Waals surface area contributed by atoms with E-state index in [4.69, 9.17) is 0 Å². The third-order valence-electron chi connectivity index (χ3n) is 1.92. The Morgan fingerprint density at radius 1 is 1.60 bits per heavy atom. The van der Waals surface area contributed by atoms with Crippen LogP contribution in [0.2, 0.25) is 0 Å². The highest BCUT2D eigenvalue weighted by atomic mass is 15.4. The van der Waals surface area contributed by atoms with E-state index in [0.717, 1.165) is 6.54 Å². The first-order valence-electron chi connectivity index (χ1n) is 3.63. The zero-order valence-corrected chi connectivity index (χ0v) is 6.62. The van der Waals surface area contributed by atoms with E-state index in [1.54, 1.807) is 0 Å². The molecule has 0 radical (unpaired) electrons. The van der Waals surface area contributed by atoms with E-state index in [2.05, 4.69) is 36.4 Å². The summed E-state index contributed by atoms with van der Waals surface area (Å²) in [6, 6.07) is 0. The van der Waals surface area contributed by atoms with Gasteiger partial charge in [-0.15, -0.1) is 0 Å². The Bertz CT molecular complexity index is 151. The molecule has 0 aromatic heterocycles. The minimum atomic E-state index is 0.447. The molecule has 2 nitrogen and oxygen atoms in total. The lowest BCUT2D eigenvalue weighted by Gasteiger charge is -2.25. The third-order valence-corrected chi connectivity index (χ3v) is 1.92. The van der Waals surface area contributed by atoms with Crippen molar-refractivity contribution in [1.29, 1.82) is 0 Å². The smallest absolute Gasteiger partial charge is 0.102 e. The van der Waals surface area contributed by atoms with E-state index in [1.807, 2.05) is 12.4 Å². The summed E-state index contributed by atoms with van der Waals surface area (Å²) in [5.41, 5.74) is 0. The largest absolute Gasteiger partial charge is 0.356 e. The van der Waals surface area contributed by atoms with Crippen molar-refractivity contribution in [3.05, 3.63) is 25.2 Å². The second-order valence-corrected chi connectivity index (χ2v) is 2.39. The Morgan fingerprint density at radius 2 is 2.30 bits per heavy atom. The summed E-state index contributed by atoms with van der Waals surface area (Å²) >= 11 is 0. The van der Waals surface area contributed by atoms with Crippen molar-refractivity contribution in [1.82, 2.24) is 9.80 Å². The van der Waals surface area contributed by atoms with Crippen molar-refractivity contribution in [2.24, 2.45) is 0 Å². The van der Waals surface area contributed by atoms with Crippen LogP contribution in [0, 0.1) is 0 Å². The molecule has 56 valence electrons. The summed E-state index contributed by atoms with van der Waals surface area (Å²) in [4.78, 5) is 4.34. The number of hydrogen-bond acceptors (Lipinski definition) is 2. The summed E-state index contributed by atoms with van der Waals surface area (Å²) in [6.45, 7) is 9.07. The quantitative estimate of drug-likeness (QED) is 0.571. The first-order chi connectivity index (χ1) is 4.79. The van der Waals surface area contributed by atoms with Crippen LogP contribution in [0.3, 0.4) is 0 Å². The lowest BCUT2D eigenvalue weighted by atomic mass is 10.4. The molecule has 0 aromatic rings.